The van der Waals surface area contributed by atoms with Crippen LogP contribution in [0, 0.1) is 5.92 Å². The van der Waals surface area contributed by atoms with Gasteiger partial charge in [-0.15, -0.1) is 0 Å². The zero-order valence-electron chi connectivity index (χ0n) is 13.5. The molecule has 1 amide bonds. The van der Waals surface area contributed by atoms with Crippen molar-refractivity contribution in [1.82, 2.24) is 20.2 Å². The molecule has 1 aromatic heterocycles. The monoisotopic (exact) mass is 346 g/mol. The molecule has 0 aliphatic carbocycles. The predicted molar refractivity (Wildman–Crippen MR) is 80.3 cm³/mol. The van der Waals surface area contributed by atoms with Crippen molar-refractivity contribution in [3.05, 3.63) is 18.1 Å². The third-order valence-electron chi connectivity index (χ3n) is 3.75. The summed E-state index contributed by atoms with van der Waals surface area (Å²) < 4.78 is 41.2. The number of carbonyl (C=O) groups excluding carboxylic acids is 1. The highest BCUT2D eigenvalue weighted by Gasteiger charge is 2.32. The summed E-state index contributed by atoms with van der Waals surface area (Å²) in [6.45, 7) is 2.17. The molecule has 0 atom stereocenters. The predicted octanol–water partition coefficient (Wildman–Crippen LogP) is 1.77. The first-order valence-electron chi connectivity index (χ1n) is 7.82. The van der Waals surface area contributed by atoms with Crippen molar-refractivity contribution < 1.29 is 22.7 Å². The van der Waals surface area contributed by atoms with Crippen LogP contribution in [0.15, 0.2) is 12.4 Å². The number of likely N-dealkylation sites (tertiary alicyclic amines) is 1. The molecule has 1 aromatic rings. The molecule has 2 heterocycles. The van der Waals surface area contributed by atoms with Crippen molar-refractivity contribution in [1.29, 1.82) is 0 Å². The molecule has 6 nitrogen and oxygen atoms in total. The van der Waals surface area contributed by atoms with Crippen LogP contribution < -0.4 is 10.1 Å². The number of rotatable bonds is 8. The minimum absolute atomic E-state index is 0.0299. The van der Waals surface area contributed by atoms with Crippen LogP contribution in [0.2, 0.25) is 0 Å². The summed E-state index contributed by atoms with van der Waals surface area (Å²) in [7, 11) is 1.62. The molecule has 1 aliphatic heterocycles. The average Bonchev–Trinajstić information content (AvgIpc) is 2.49. The van der Waals surface area contributed by atoms with Crippen LogP contribution in [0.4, 0.5) is 13.2 Å². The number of carbonyl (C=O) groups is 1. The van der Waals surface area contributed by atoms with E-state index >= 15 is 0 Å². The summed E-state index contributed by atoms with van der Waals surface area (Å²) in [5.41, 5.74) is 0.759. The van der Waals surface area contributed by atoms with Gasteiger partial charge in [0, 0.05) is 33.1 Å². The van der Waals surface area contributed by atoms with Gasteiger partial charge in [0.1, 0.15) is 0 Å². The van der Waals surface area contributed by atoms with Gasteiger partial charge in [-0.25, -0.2) is 4.98 Å². The lowest BCUT2D eigenvalue weighted by Gasteiger charge is -2.37. The van der Waals surface area contributed by atoms with Crippen molar-refractivity contribution in [2.24, 2.45) is 5.92 Å². The molecule has 0 bridgehead atoms. The molecule has 1 saturated heterocycles. The Hall–Kier alpha value is -1.90. The van der Waals surface area contributed by atoms with E-state index in [1.165, 1.54) is 6.20 Å². The standard InChI is InChI=1S/C15H21F3N4O2/c1-19-14(23)11-8-22(9-11)10-12-6-21-13(7-20-12)24-5-3-2-4-15(16,17)18/h6-7,11H,2-5,8-10H2,1H3,(H,19,23). The summed E-state index contributed by atoms with van der Waals surface area (Å²) in [5.74, 6) is 0.381. The Labute approximate surface area is 138 Å². The fourth-order valence-corrected chi connectivity index (χ4v) is 2.40. The van der Waals surface area contributed by atoms with Crippen molar-refractivity contribution in [2.75, 3.05) is 26.7 Å². The Morgan fingerprint density at radius 3 is 2.67 bits per heavy atom. The van der Waals surface area contributed by atoms with Crippen molar-refractivity contribution in [3.63, 3.8) is 0 Å². The number of nitrogens with one attached hydrogen (secondary N) is 1. The van der Waals surface area contributed by atoms with Gasteiger partial charge >= 0.3 is 6.18 Å². The van der Waals surface area contributed by atoms with Crippen LogP contribution in [-0.2, 0) is 11.3 Å². The van der Waals surface area contributed by atoms with Gasteiger partial charge < -0.3 is 10.1 Å². The number of nitrogens with zero attached hydrogens (tertiary/aromatic N) is 3. The number of ether oxygens (including phenoxy) is 1. The average molecular weight is 346 g/mol. The number of aromatic nitrogens is 2. The maximum atomic E-state index is 12.0. The maximum absolute atomic E-state index is 12.0. The second-order valence-electron chi connectivity index (χ2n) is 5.77. The molecule has 0 aromatic carbocycles. The highest BCUT2D eigenvalue weighted by molar-refractivity contribution is 5.79. The first-order chi connectivity index (χ1) is 11.4. The lowest BCUT2D eigenvalue weighted by molar-refractivity contribution is -0.135. The molecule has 0 radical (unpaired) electrons. The van der Waals surface area contributed by atoms with Crippen molar-refractivity contribution in [3.8, 4) is 5.88 Å². The minimum atomic E-state index is -4.12. The third kappa shape index (κ3) is 5.95. The fraction of sp³-hybridized carbons (Fsp3) is 0.667. The Morgan fingerprint density at radius 1 is 1.33 bits per heavy atom. The molecular weight excluding hydrogens is 325 g/mol. The summed E-state index contributed by atoms with van der Waals surface area (Å²) in [6.07, 6.45) is -1.51. The number of alkyl halides is 3. The molecule has 9 heteroatoms. The van der Waals surface area contributed by atoms with Gasteiger partial charge in [-0.05, 0) is 12.8 Å². The Kier molecular flexibility index (Phi) is 6.36. The van der Waals surface area contributed by atoms with E-state index in [1.54, 1.807) is 13.2 Å². The van der Waals surface area contributed by atoms with Crippen LogP contribution in [0.3, 0.4) is 0 Å². The molecule has 1 aliphatic rings. The molecule has 134 valence electrons. The second-order valence-corrected chi connectivity index (χ2v) is 5.77. The number of unbranched alkanes of at least 4 members (excludes halogenated alkanes) is 1. The maximum Gasteiger partial charge on any atom is 0.389 e. The molecule has 0 saturated carbocycles. The number of amides is 1. The van der Waals surface area contributed by atoms with Gasteiger partial charge in [0.25, 0.3) is 0 Å². The largest absolute Gasteiger partial charge is 0.477 e. The lowest BCUT2D eigenvalue weighted by atomic mass is 9.99. The van der Waals surface area contributed by atoms with Crippen LogP contribution in [0.5, 0.6) is 5.88 Å². The zero-order chi connectivity index (χ0) is 17.6. The highest BCUT2D eigenvalue weighted by Crippen LogP contribution is 2.22. The molecule has 24 heavy (non-hydrogen) atoms. The second kappa shape index (κ2) is 8.27. The normalized spacial score (nSPS) is 15.8. The Balaban J connectivity index is 1.64. The van der Waals surface area contributed by atoms with E-state index in [9.17, 15) is 18.0 Å². The number of hydrogen-bond donors (Lipinski definition) is 1. The van der Waals surface area contributed by atoms with E-state index in [2.05, 4.69) is 20.2 Å². The van der Waals surface area contributed by atoms with E-state index in [-0.39, 0.29) is 24.9 Å². The van der Waals surface area contributed by atoms with Crippen LogP contribution >= 0.6 is 0 Å². The molecule has 0 unspecified atom stereocenters. The molecule has 0 spiro atoms. The van der Waals surface area contributed by atoms with E-state index in [0.29, 0.717) is 31.9 Å². The van der Waals surface area contributed by atoms with Crippen molar-refractivity contribution >= 4 is 5.91 Å². The Morgan fingerprint density at radius 2 is 2.08 bits per heavy atom. The van der Waals surface area contributed by atoms with Gasteiger partial charge in [0.15, 0.2) is 0 Å². The van der Waals surface area contributed by atoms with Crippen molar-refractivity contribution in [2.45, 2.75) is 32.0 Å². The smallest absolute Gasteiger partial charge is 0.389 e. The lowest BCUT2D eigenvalue weighted by Crippen LogP contribution is -2.52. The fourth-order valence-electron chi connectivity index (χ4n) is 2.40. The molecule has 2 rings (SSSR count). The molecule has 1 N–H and O–H groups in total. The summed E-state index contributed by atoms with van der Waals surface area (Å²) in [6, 6.07) is 0. The van der Waals surface area contributed by atoms with Crippen LogP contribution in [0.25, 0.3) is 0 Å². The zero-order valence-corrected chi connectivity index (χ0v) is 13.5. The van der Waals surface area contributed by atoms with Gasteiger partial charge in [-0.2, -0.15) is 13.2 Å². The highest BCUT2D eigenvalue weighted by atomic mass is 19.4. The summed E-state index contributed by atoms with van der Waals surface area (Å²) in [4.78, 5) is 21.8. The third-order valence-corrected chi connectivity index (χ3v) is 3.75. The minimum Gasteiger partial charge on any atom is -0.477 e. The van der Waals surface area contributed by atoms with E-state index in [0.717, 1.165) is 5.69 Å². The van der Waals surface area contributed by atoms with Gasteiger partial charge in [0.2, 0.25) is 11.8 Å². The summed E-state index contributed by atoms with van der Waals surface area (Å²) >= 11 is 0. The van der Waals surface area contributed by atoms with Crippen LogP contribution in [0.1, 0.15) is 25.0 Å². The van der Waals surface area contributed by atoms with Gasteiger partial charge in [-0.1, -0.05) is 0 Å². The SMILES string of the molecule is CNC(=O)C1CN(Cc2cnc(OCCCCC(F)(F)F)cn2)C1. The van der Waals surface area contributed by atoms with E-state index in [1.807, 2.05) is 0 Å². The van der Waals surface area contributed by atoms with Crippen LogP contribution in [-0.4, -0.2) is 53.7 Å². The molecular formula is C15H21F3N4O2. The number of halogens is 3. The summed E-state index contributed by atoms with van der Waals surface area (Å²) in [5, 5.41) is 2.62. The quantitative estimate of drug-likeness (QED) is 0.727. The topological polar surface area (TPSA) is 67.4 Å². The van der Waals surface area contributed by atoms with E-state index in [4.69, 9.17) is 4.74 Å². The van der Waals surface area contributed by atoms with Gasteiger partial charge in [-0.3, -0.25) is 14.7 Å². The van der Waals surface area contributed by atoms with E-state index < -0.39 is 12.6 Å². The molecule has 1 fully saturated rings. The first-order valence-corrected chi connectivity index (χ1v) is 7.82. The Bertz CT molecular complexity index is 531. The number of hydrogen-bond acceptors (Lipinski definition) is 5. The van der Waals surface area contributed by atoms with Gasteiger partial charge in [0.05, 0.1) is 30.6 Å². The first kappa shape index (κ1) is 18.4.